The average Bonchev–Trinajstić information content (AvgIpc) is 3.06. The van der Waals surface area contributed by atoms with Crippen molar-refractivity contribution in [1.82, 2.24) is 0 Å². The summed E-state index contributed by atoms with van der Waals surface area (Å²) in [7, 11) is 2.84. The fraction of sp³-hybridized carbons (Fsp3) is 0.588. The molecule has 5 atom stereocenters. The first kappa shape index (κ1) is 21.3. The Morgan fingerprint density at radius 2 is 1.96 bits per heavy atom. The van der Waals surface area contributed by atoms with Crippen LogP contribution in [-0.4, -0.2) is 69.8 Å². The lowest BCUT2D eigenvalue weighted by Gasteiger charge is -2.43. The van der Waals surface area contributed by atoms with Gasteiger partial charge in [-0.1, -0.05) is 0 Å². The maximum absolute atomic E-state index is 11.7. The van der Waals surface area contributed by atoms with Gasteiger partial charge >= 0.3 is 5.97 Å². The van der Waals surface area contributed by atoms with E-state index >= 15 is 0 Å². The summed E-state index contributed by atoms with van der Waals surface area (Å²) < 4.78 is 32.7. The van der Waals surface area contributed by atoms with E-state index in [-0.39, 0.29) is 18.9 Å². The molecule has 2 rings (SSSR count). The molecular weight excluding hydrogens is 380 g/mol. The third kappa shape index (κ3) is 5.04. The van der Waals surface area contributed by atoms with Gasteiger partial charge in [-0.05, 0) is 11.4 Å². The van der Waals surface area contributed by atoms with Gasteiger partial charge in [0.1, 0.15) is 16.7 Å². The fourth-order valence-electron chi connectivity index (χ4n) is 2.85. The van der Waals surface area contributed by atoms with E-state index in [9.17, 15) is 14.4 Å². The van der Waals surface area contributed by atoms with Crippen molar-refractivity contribution in [2.24, 2.45) is 0 Å². The van der Waals surface area contributed by atoms with E-state index in [1.807, 2.05) is 0 Å². The van der Waals surface area contributed by atoms with Crippen LogP contribution in [0.15, 0.2) is 11.4 Å². The zero-order valence-corrected chi connectivity index (χ0v) is 16.2. The SMILES string of the molecule is COCC1OC(Oc2ccsc2C(C)=O)C(OC)C(OC(C)=O)C1OC=O. The van der Waals surface area contributed by atoms with Gasteiger partial charge in [-0.3, -0.25) is 14.4 Å². The van der Waals surface area contributed by atoms with E-state index in [0.29, 0.717) is 10.6 Å². The van der Waals surface area contributed by atoms with Crippen molar-refractivity contribution in [2.75, 3.05) is 20.8 Å². The van der Waals surface area contributed by atoms with E-state index in [4.69, 9.17) is 28.4 Å². The largest absolute Gasteiger partial charge is 0.460 e. The second kappa shape index (κ2) is 9.79. The summed E-state index contributed by atoms with van der Waals surface area (Å²) in [5.41, 5.74) is 0. The maximum atomic E-state index is 11.7. The summed E-state index contributed by atoms with van der Waals surface area (Å²) in [6.07, 6.45) is -4.66. The van der Waals surface area contributed by atoms with E-state index in [2.05, 4.69) is 0 Å². The molecule has 1 aliphatic rings. The van der Waals surface area contributed by atoms with Crippen LogP contribution >= 0.6 is 11.3 Å². The molecule has 1 fully saturated rings. The molecule has 0 N–H and O–H groups in total. The number of carbonyl (C=O) groups is 3. The topological polar surface area (TPSA) is 107 Å². The molecule has 0 aromatic carbocycles. The molecule has 0 aliphatic carbocycles. The molecule has 1 aromatic rings. The number of hydrogen-bond acceptors (Lipinski definition) is 10. The molecule has 0 saturated carbocycles. The maximum Gasteiger partial charge on any atom is 0.303 e. The highest BCUT2D eigenvalue weighted by molar-refractivity contribution is 7.12. The Morgan fingerprint density at radius 1 is 1.22 bits per heavy atom. The van der Waals surface area contributed by atoms with Gasteiger partial charge in [0, 0.05) is 28.1 Å². The first-order valence-electron chi connectivity index (χ1n) is 8.11. The number of hydrogen-bond donors (Lipinski definition) is 0. The van der Waals surface area contributed by atoms with Gasteiger partial charge in [0.2, 0.25) is 6.29 Å². The van der Waals surface area contributed by atoms with E-state index in [0.717, 1.165) is 0 Å². The Bertz CT molecular complexity index is 659. The Balaban J connectivity index is 2.34. The number of methoxy groups -OCH3 is 2. The van der Waals surface area contributed by atoms with Crippen LogP contribution in [0.3, 0.4) is 0 Å². The standard InChI is InChI=1S/C17H22O9S/c1-9(19)16-11(5-6-27-16)25-17-15(22-4)14(24-10(2)20)13(23-8-18)12(26-17)7-21-3/h5-6,8,12-15,17H,7H2,1-4H3. The van der Waals surface area contributed by atoms with Crippen LogP contribution in [0.5, 0.6) is 5.75 Å². The van der Waals surface area contributed by atoms with Crippen LogP contribution in [-0.2, 0) is 33.3 Å². The molecule has 10 heteroatoms. The summed E-state index contributed by atoms with van der Waals surface area (Å²) in [6.45, 7) is 2.95. The molecule has 1 saturated heterocycles. The first-order valence-corrected chi connectivity index (χ1v) is 8.99. The molecule has 0 radical (unpaired) electrons. The van der Waals surface area contributed by atoms with E-state index in [1.165, 1.54) is 39.4 Å². The van der Waals surface area contributed by atoms with Gasteiger partial charge < -0.3 is 28.4 Å². The van der Waals surface area contributed by atoms with Gasteiger partial charge in [0.15, 0.2) is 24.1 Å². The minimum atomic E-state index is -1.03. The molecule has 0 bridgehead atoms. The lowest BCUT2D eigenvalue weighted by molar-refractivity contribution is -0.288. The molecule has 0 amide bonds. The van der Waals surface area contributed by atoms with Crippen molar-refractivity contribution in [3.05, 3.63) is 16.3 Å². The second-order valence-corrected chi connectivity index (χ2v) is 6.67. The normalized spacial score (nSPS) is 27.6. The lowest BCUT2D eigenvalue weighted by atomic mass is 9.98. The van der Waals surface area contributed by atoms with Crippen molar-refractivity contribution < 1.29 is 42.8 Å². The summed E-state index contributed by atoms with van der Waals surface area (Å²) in [4.78, 5) is 34.7. The predicted molar refractivity (Wildman–Crippen MR) is 92.8 cm³/mol. The predicted octanol–water partition coefficient (Wildman–Crippen LogP) is 1.19. The van der Waals surface area contributed by atoms with Crippen molar-refractivity contribution >= 4 is 29.6 Å². The summed E-state index contributed by atoms with van der Waals surface area (Å²) >= 11 is 1.23. The molecule has 2 heterocycles. The quantitative estimate of drug-likeness (QED) is 0.342. The van der Waals surface area contributed by atoms with E-state index in [1.54, 1.807) is 11.4 Å². The molecule has 0 spiro atoms. The summed E-state index contributed by atoms with van der Waals surface area (Å²) in [6, 6.07) is 1.64. The van der Waals surface area contributed by atoms with Crippen LogP contribution in [0.4, 0.5) is 0 Å². The summed E-state index contributed by atoms with van der Waals surface area (Å²) in [5, 5.41) is 1.71. The van der Waals surface area contributed by atoms with Crippen LogP contribution in [0, 0.1) is 0 Å². The first-order chi connectivity index (χ1) is 12.9. The highest BCUT2D eigenvalue weighted by Gasteiger charge is 2.51. The number of ketones is 1. The van der Waals surface area contributed by atoms with Crippen LogP contribution in [0.1, 0.15) is 23.5 Å². The minimum Gasteiger partial charge on any atom is -0.460 e. The molecule has 1 aromatic heterocycles. The Morgan fingerprint density at radius 3 is 2.52 bits per heavy atom. The van der Waals surface area contributed by atoms with Gasteiger partial charge in [0.05, 0.1) is 6.61 Å². The lowest BCUT2D eigenvalue weighted by Crippen LogP contribution is -2.62. The van der Waals surface area contributed by atoms with Crippen molar-refractivity contribution in [3.8, 4) is 5.75 Å². The van der Waals surface area contributed by atoms with Gasteiger partial charge in [-0.15, -0.1) is 11.3 Å². The zero-order chi connectivity index (χ0) is 20.0. The number of Topliss-reactive ketones (excluding diaryl/α,β-unsaturated/α-hetero) is 1. The molecule has 150 valence electrons. The molecular formula is C17H22O9S. The average molecular weight is 402 g/mol. The number of esters is 1. The third-order valence-electron chi connectivity index (χ3n) is 3.90. The number of ether oxygens (including phenoxy) is 6. The van der Waals surface area contributed by atoms with Crippen LogP contribution < -0.4 is 4.74 Å². The number of thiophene rings is 1. The van der Waals surface area contributed by atoms with Crippen molar-refractivity contribution in [3.63, 3.8) is 0 Å². The minimum absolute atomic E-state index is 0.0514. The monoisotopic (exact) mass is 402 g/mol. The van der Waals surface area contributed by atoms with Crippen molar-refractivity contribution in [1.29, 1.82) is 0 Å². The molecule has 9 nitrogen and oxygen atoms in total. The van der Waals surface area contributed by atoms with Crippen LogP contribution in [0.25, 0.3) is 0 Å². The second-order valence-electron chi connectivity index (χ2n) is 5.76. The van der Waals surface area contributed by atoms with Gasteiger partial charge in [0.25, 0.3) is 6.47 Å². The highest BCUT2D eigenvalue weighted by Crippen LogP contribution is 2.32. The van der Waals surface area contributed by atoms with Gasteiger partial charge in [-0.2, -0.15) is 0 Å². The molecule has 1 aliphatic heterocycles. The number of rotatable bonds is 9. The third-order valence-corrected chi connectivity index (χ3v) is 4.90. The highest BCUT2D eigenvalue weighted by atomic mass is 32.1. The Kier molecular flexibility index (Phi) is 7.72. The number of carbonyl (C=O) groups excluding carboxylic acids is 3. The summed E-state index contributed by atoms with van der Waals surface area (Å²) in [5.74, 6) is -0.415. The molecule has 5 unspecified atom stereocenters. The van der Waals surface area contributed by atoms with Crippen molar-refractivity contribution in [2.45, 2.75) is 44.6 Å². The zero-order valence-electron chi connectivity index (χ0n) is 15.4. The molecule has 27 heavy (non-hydrogen) atoms. The Hall–Kier alpha value is -2.01. The van der Waals surface area contributed by atoms with Crippen LogP contribution in [0.2, 0.25) is 0 Å². The smallest absolute Gasteiger partial charge is 0.303 e. The fourth-order valence-corrected chi connectivity index (χ4v) is 3.57. The Labute approximate surface area is 160 Å². The van der Waals surface area contributed by atoms with E-state index < -0.39 is 36.7 Å². The van der Waals surface area contributed by atoms with Gasteiger partial charge in [-0.25, -0.2) is 0 Å².